The Morgan fingerprint density at radius 1 is 1.00 bits per heavy atom. The predicted octanol–water partition coefficient (Wildman–Crippen LogP) is 5.02. The first kappa shape index (κ1) is 18.6. The summed E-state index contributed by atoms with van der Waals surface area (Å²) in [7, 11) is 0. The summed E-state index contributed by atoms with van der Waals surface area (Å²) in [6.45, 7) is 0. The molecule has 1 heterocycles. The number of allylic oxidation sites excluding steroid dienone is 8. The van der Waals surface area contributed by atoms with Crippen LogP contribution >= 0.6 is 11.3 Å². The van der Waals surface area contributed by atoms with Gasteiger partial charge in [0.2, 0.25) is 0 Å². The molecule has 2 aliphatic rings. The normalized spacial score (nSPS) is 24.7. The second-order valence-electron chi connectivity index (χ2n) is 6.85. The molecule has 1 saturated carbocycles. The smallest absolute Gasteiger partial charge is 0.265 e. The number of carbonyl (C=O) groups excluding carboxylic acids is 1. The van der Waals surface area contributed by atoms with Crippen molar-refractivity contribution in [3.63, 3.8) is 0 Å². The number of hydrogen-bond donors (Lipinski definition) is 2. The van der Waals surface area contributed by atoms with Crippen LogP contribution in [0.15, 0.2) is 42.5 Å². The number of nitrogens with zero attached hydrogens (tertiary/aromatic N) is 1. The van der Waals surface area contributed by atoms with Crippen LogP contribution in [0.3, 0.4) is 0 Å². The van der Waals surface area contributed by atoms with Crippen molar-refractivity contribution in [3.8, 4) is 0 Å². The molecule has 0 spiro atoms. The zero-order chi connectivity index (χ0) is 18.2. The van der Waals surface area contributed by atoms with Crippen LogP contribution in [0.5, 0.6) is 0 Å². The van der Waals surface area contributed by atoms with E-state index in [-0.39, 0.29) is 11.9 Å². The average molecular weight is 370 g/mol. The molecule has 2 aliphatic carbocycles. The summed E-state index contributed by atoms with van der Waals surface area (Å²) in [6, 6.07) is 0.249. The van der Waals surface area contributed by atoms with Gasteiger partial charge in [0, 0.05) is 11.6 Å². The second-order valence-corrected chi connectivity index (χ2v) is 7.85. The van der Waals surface area contributed by atoms with Crippen LogP contribution in [0, 0.1) is 0 Å². The van der Waals surface area contributed by atoms with Crippen LogP contribution in [0.25, 0.3) is 5.57 Å². The SMILES string of the molecule is Nc1nc(C2=C/C=C\C=C/C=C\2)sc1C(=O)NC1CCCCCCCC1. The van der Waals surface area contributed by atoms with Gasteiger partial charge in [0.1, 0.15) is 15.7 Å². The van der Waals surface area contributed by atoms with Crippen molar-refractivity contribution >= 4 is 28.6 Å². The van der Waals surface area contributed by atoms with Gasteiger partial charge in [-0.25, -0.2) is 4.98 Å². The first-order valence-corrected chi connectivity index (χ1v) is 10.3. The van der Waals surface area contributed by atoms with Crippen molar-refractivity contribution in [2.75, 3.05) is 5.73 Å². The minimum Gasteiger partial charge on any atom is -0.382 e. The van der Waals surface area contributed by atoms with Crippen LogP contribution in [0.1, 0.15) is 66.0 Å². The molecule has 1 aromatic rings. The van der Waals surface area contributed by atoms with Gasteiger partial charge in [-0.3, -0.25) is 4.79 Å². The largest absolute Gasteiger partial charge is 0.382 e. The first-order valence-electron chi connectivity index (χ1n) is 9.53. The summed E-state index contributed by atoms with van der Waals surface area (Å²) >= 11 is 1.37. The molecule has 4 nitrogen and oxygen atoms in total. The van der Waals surface area contributed by atoms with Gasteiger partial charge in [0.05, 0.1) is 0 Å². The highest BCUT2D eigenvalue weighted by Crippen LogP contribution is 2.28. The van der Waals surface area contributed by atoms with Gasteiger partial charge in [-0.05, 0) is 12.8 Å². The molecule has 0 unspecified atom stereocenters. The summed E-state index contributed by atoms with van der Waals surface area (Å²) in [6.07, 6.45) is 23.4. The zero-order valence-electron chi connectivity index (χ0n) is 15.1. The number of carbonyl (C=O) groups is 1. The Morgan fingerprint density at radius 2 is 1.65 bits per heavy atom. The van der Waals surface area contributed by atoms with E-state index >= 15 is 0 Å². The van der Waals surface area contributed by atoms with Gasteiger partial charge in [0.25, 0.3) is 5.91 Å². The van der Waals surface area contributed by atoms with Gasteiger partial charge in [-0.15, -0.1) is 11.3 Å². The van der Waals surface area contributed by atoms with E-state index in [9.17, 15) is 4.79 Å². The lowest BCUT2D eigenvalue weighted by Crippen LogP contribution is -2.34. The Morgan fingerprint density at radius 3 is 2.42 bits per heavy atom. The van der Waals surface area contributed by atoms with Crippen molar-refractivity contribution in [2.45, 2.75) is 57.4 Å². The van der Waals surface area contributed by atoms with Crippen LogP contribution in [-0.2, 0) is 0 Å². The van der Waals surface area contributed by atoms with E-state index < -0.39 is 0 Å². The molecule has 0 atom stereocenters. The maximum absolute atomic E-state index is 12.8. The van der Waals surface area contributed by atoms with Crippen molar-refractivity contribution in [1.29, 1.82) is 0 Å². The molecule has 3 rings (SSSR count). The summed E-state index contributed by atoms with van der Waals surface area (Å²) in [5, 5.41) is 3.98. The maximum Gasteiger partial charge on any atom is 0.265 e. The fraction of sp³-hybridized carbons (Fsp3) is 0.429. The van der Waals surface area contributed by atoms with E-state index in [0.717, 1.165) is 23.4 Å². The number of amides is 1. The van der Waals surface area contributed by atoms with Gasteiger partial charge in [-0.1, -0.05) is 81.1 Å². The molecule has 0 aliphatic heterocycles. The average Bonchev–Trinajstić information content (AvgIpc) is 3.02. The third-order valence-electron chi connectivity index (χ3n) is 4.79. The molecule has 1 aromatic heterocycles. The lowest BCUT2D eigenvalue weighted by Gasteiger charge is -2.17. The van der Waals surface area contributed by atoms with Crippen molar-refractivity contribution < 1.29 is 4.79 Å². The number of rotatable bonds is 3. The molecule has 0 radical (unpaired) electrons. The number of aromatic nitrogens is 1. The van der Waals surface area contributed by atoms with Crippen LogP contribution in [0.2, 0.25) is 0 Å². The Hall–Kier alpha value is -2.14. The third kappa shape index (κ3) is 5.18. The highest BCUT2D eigenvalue weighted by Gasteiger charge is 2.20. The Balaban J connectivity index is 1.70. The lowest BCUT2D eigenvalue weighted by atomic mass is 10.1. The van der Waals surface area contributed by atoms with Crippen molar-refractivity contribution in [2.24, 2.45) is 0 Å². The highest BCUT2D eigenvalue weighted by molar-refractivity contribution is 7.15. The molecule has 0 aromatic carbocycles. The number of nitrogens with one attached hydrogen (secondary N) is 1. The molecule has 1 fully saturated rings. The van der Waals surface area contributed by atoms with Crippen LogP contribution in [0.4, 0.5) is 5.82 Å². The van der Waals surface area contributed by atoms with Crippen molar-refractivity contribution in [3.05, 3.63) is 52.4 Å². The minimum absolute atomic E-state index is 0.0821. The zero-order valence-corrected chi connectivity index (χ0v) is 15.9. The van der Waals surface area contributed by atoms with Crippen LogP contribution < -0.4 is 11.1 Å². The van der Waals surface area contributed by atoms with E-state index in [0.29, 0.717) is 10.7 Å². The Labute approximate surface area is 159 Å². The van der Waals surface area contributed by atoms with Gasteiger partial charge < -0.3 is 11.1 Å². The summed E-state index contributed by atoms with van der Waals surface area (Å²) in [5.74, 6) is 0.239. The maximum atomic E-state index is 12.8. The molecule has 5 heteroatoms. The molecule has 0 saturated heterocycles. The molecule has 1 amide bonds. The Bertz CT molecular complexity index is 732. The fourth-order valence-corrected chi connectivity index (χ4v) is 4.25. The topological polar surface area (TPSA) is 68.0 Å². The molecular formula is C21H27N3OS. The second kappa shape index (κ2) is 9.53. The number of anilines is 1. The predicted molar refractivity (Wildman–Crippen MR) is 110 cm³/mol. The minimum atomic E-state index is -0.0821. The molecule has 3 N–H and O–H groups in total. The van der Waals surface area contributed by atoms with Gasteiger partial charge >= 0.3 is 0 Å². The first-order chi connectivity index (χ1) is 12.7. The van der Waals surface area contributed by atoms with E-state index in [1.165, 1.54) is 49.9 Å². The van der Waals surface area contributed by atoms with E-state index in [1.54, 1.807) is 0 Å². The van der Waals surface area contributed by atoms with Gasteiger partial charge in [-0.2, -0.15) is 0 Å². The lowest BCUT2D eigenvalue weighted by molar-refractivity contribution is 0.0937. The Kier molecular flexibility index (Phi) is 6.83. The van der Waals surface area contributed by atoms with E-state index in [1.807, 2.05) is 42.5 Å². The number of hydrogen-bond acceptors (Lipinski definition) is 4. The fourth-order valence-electron chi connectivity index (χ4n) is 3.36. The number of nitrogens with two attached hydrogens (primary N) is 1. The molecule has 0 bridgehead atoms. The summed E-state index contributed by atoms with van der Waals surface area (Å²) < 4.78 is 0. The molecular weight excluding hydrogens is 342 g/mol. The molecule has 26 heavy (non-hydrogen) atoms. The number of thiazole rings is 1. The molecule has 138 valence electrons. The third-order valence-corrected chi connectivity index (χ3v) is 5.91. The summed E-state index contributed by atoms with van der Waals surface area (Å²) in [4.78, 5) is 17.7. The highest BCUT2D eigenvalue weighted by atomic mass is 32.1. The monoisotopic (exact) mass is 369 g/mol. The standard InChI is InChI=1S/C21H27N3OS/c22-19-18(20(25)23-17-14-10-6-1-2-7-11-15-17)26-21(24-19)16-12-8-4-3-5-9-13-16/h3-5,8-9,12-13,17H,1-2,6-7,10-11,14-15,22H2,(H,23,25)/b4-3-,5-3?,8-4?,9-5-,12-8-,13-9?,16-12?,16-13+. The van der Waals surface area contributed by atoms with E-state index in [4.69, 9.17) is 5.73 Å². The summed E-state index contributed by atoms with van der Waals surface area (Å²) in [5.41, 5.74) is 7.02. The van der Waals surface area contributed by atoms with Gasteiger partial charge in [0.15, 0.2) is 0 Å². The van der Waals surface area contributed by atoms with Crippen molar-refractivity contribution in [1.82, 2.24) is 10.3 Å². The number of nitrogen functional groups attached to an aromatic ring is 1. The van der Waals surface area contributed by atoms with Crippen LogP contribution in [-0.4, -0.2) is 16.9 Å². The van der Waals surface area contributed by atoms with E-state index in [2.05, 4.69) is 10.3 Å². The quantitative estimate of drug-likeness (QED) is 0.786.